The summed E-state index contributed by atoms with van der Waals surface area (Å²) < 4.78 is 0. The fraction of sp³-hybridized carbons (Fsp3) is 0.364. The largest absolute Gasteiger partial charge is 0.354 e. The van der Waals surface area contributed by atoms with E-state index < -0.39 is 6.04 Å². The predicted molar refractivity (Wildman–Crippen MR) is 115 cm³/mol. The second-order valence-electron chi connectivity index (χ2n) is 6.57. The summed E-state index contributed by atoms with van der Waals surface area (Å²) in [4.78, 5) is 27.4. The molecule has 6 heteroatoms. The minimum Gasteiger partial charge on any atom is -0.354 e. The number of rotatable bonds is 9. The SMILES string of the molecule is CCCNC(=O)[C@@H](Cc1ccccc1)N(Cc1c(Cl)cccc1Cl)C(=O)CC. The lowest BCUT2D eigenvalue weighted by atomic mass is 10.0. The van der Waals surface area contributed by atoms with Crippen LogP contribution in [0.25, 0.3) is 0 Å². The maximum absolute atomic E-state index is 13.0. The summed E-state index contributed by atoms with van der Waals surface area (Å²) in [5, 5.41) is 3.89. The van der Waals surface area contributed by atoms with Gasteiger partial charge in [-0.15, -0.1) is 0 Å². The van der Waals surface area contributed by atoms with Gasteiger partial charge in [0.15, 0.2) is 0 Å². The first-order chi connectivity index (χ1) is 13.5. The molecule has 2 aromatic carbocycles. The quantitative estimate of drug-likeness (QED) is 0.628. The number of carbonyl (C=O) groups excluding carboxylic acids is 2. The Kier molecular flexibility index (Phi) is 8.81. The van der Waals surface area contributed by atoms with Crippen LogP contribution in [-0.2, 0) is 22.6 Å². The highest BCUT2D eigenvalue weighted by atomic mass is 35.5. The zero-order chi connectivity index (χ0) is 20.5. The molecule has 1 N–H and O–H groups in total. The van der Waals surface area contributed by atoms with Crippen molar-refractivity contribution in [3.63, 3.8) is 0 Å². The smallest absolute Gasteiger partial charge is 0.243 e. The number of benzene rings is 2. The molecular formula is C22H26Cl2N2O2. The second kappa shape index (κ2) is 11.1. The number of carbonyl (C=O) groups is 2. The highest BCUT2D eigenvalue weighted by Crippen LogP contribution is 2.27. The molecule has 0 bridgehead atoms. The molecule has 4 nitrogen and oxygen atoms in total. The summed E-state index contributed by atoms with van der Waals surface area (Å²) in [5.74, 6) is -0.292. The molecule has 150 valence electrons. The highest BCUT2D eigenvalue weighted by Gasteiger charge is 2.30. The molecule has 0 aliphatic rings. The number of hydrogen-bond donors (Lipinski definition) is 1. The Labute approximate surface area is 176 Å². The van der Waals surface area contributed by atoms with Gasteiger partial charge in [0.2, 0.25) is 11.8 Å². The molecule has 0 heterocycles. The molecule has 1 atom stereocenters. The van der Waals surface area contributed by atoms with Gasteiger partial charge in [-0.3, -0.25) is 9.59 Å². The van der Waals surface area contributed by atoms with Gasteiger partial charge in [0.25, 0.3) is 0 Å². The molecule has 0 radical (unpaired) electrons. The molecule has 0 aromatic heterocycles. The van der Waals surface area contributed by atoms with Gasteiger partial charge in [-0.1, -0.05) is 73.4 Å². The Bertz CT molecular complexity index is 776. The number of amides is 2. The third-order valence-corrected chi connectivity index (χ3v) is 5.22. The van der Waals surface area contributed by atoms with Crippen molar-refractivity contribution in [3.05, 3.63) is 69.7 Å². The number of nitrogens with one attached hydrogen (secondary N) is 1. The standard InChI is InChI=1S/C22H26Cl2N2O2/c1-3-13-25-22(28)20(14-16-9-6-5-7-10-16)26(21(27)4-2)15-17-18(23)11-8-12-19(17)24/h5-12,20H,3-4,13-15H2,1-2H3,(H,25,28)/t20-/m1/s1. The predicted octanol–water partition coefficient (Wildman–Crippen LogP) is 4.87. The van der Waals surface area contributed by atoms with E-state index in [1.807, 2.05) is 37.3 Å². The summed E-state index contributed by atoms with van der Waals surface area (Å²) >= 11 is 12.7. The van der Waals surface area contributed by atoms with E-state index in [1.165, 1.54) is 0 Å². The lowest BCUT2D eigenvalue weighted by molar-refractivity contribution is -0.141. The normalized spacial score (nSPS) is 11.7. The fourth-order valence-corrected chi connectivity index (χ4v) is 3.49. The maximum Gasteiger partial charge on any atom is 0.243 e. The number of halogens is 2. The zero-order valence-corrected chi connectivity index (χ0v) is 17.8. The summed E-state index contributed by atoms with van der Waals surface area (Å²) in [5.41, 5.74) is 1.63. The van der Waals surface area contributed by atoms with Gasteiger partial charge < -0.3 is 10.2 Å². The van der Waals surface area contributed by atoms with Gasteiger partial charge in [-0.2, -0.15) is 0 Å². The van der Waals surface area contributed by atoms with Crippen LogP contribution >= 0.6 is 23.2 Å². The summed E-state index contributed by atoms with van der Waals surface area (Å²) in [7, 11) is 0. The fourth-order valence-electron chi connectivity index (χ4n) is 2.98. The molecule has 0 saturated heterocycles. The molecular weight excluding hydrogens is 395 g/mol. The van der Waals surface area contributed by atoms with Crippen LogP contribution in [-0.4, -0.2) is 29.3 Å². The molecule has 0 spiro atoms. The van der Waals surface area contributed by atoms with E-state index in [1.54, 1.807) is 30.0 Å². The van der Waals surface area contributed by atoms with Gasteiger partial charge in [0.1, 0.15) is 6.04 Å². The molecule has 0 aliphatic heterocycles. The summed E-state index contributed by atoms with van der Waals surface area (Å²) in [6.07, 6.45) is 1.53. The van der Waals surface area contributed by atoms with Crippen LogP contribution in [0.5, 0.6) is 0 Å². The van der Waals surface area contributed by atoms with Gasteiger partial charge >= 0.3 is 0 Å². The van der Waals surface area contributed by atoms with Crippen molar-refractivity contribution in [2.24, 2.45) is 0 Å². The van der Waals surface area contributed by atoms with Crippen molar-refractivity contribution < 1.29 is 9.59 Å². The van der Waals surface area contributed by atoms with Crippen LogP contribution in [0, 0.1) is 0 Å². The van der Waals surface area contributed by atoms with Gasteiger partial charge in [-0.05, 0) is 24.1 Å². The van der Waals surface area contributed by atoms with Crippen LogP contribution in [0.3, 0.4) is 0 Å². The Hall–Kier alpha value is -2.04. The minimum atomic E-state index is -0.645. The third-order valence-electron chi connectivity index (χ3n) is 4.51. The average Bonchev–Trinajstić information content (AvgIpc) is 2.70. The van der Waals surface area contributed by atoms with Gasteiger partial charge in [0.05, 0.1) is 0 Å². The zero-order valence-electron chi connectivity index (χ0n) is 16.3. The van der Waals surface area contributed by atoms with E-state index >= 15 is 0 Å². The Morgan fingerprint density at radius 3 is 2.21 bits per heavy atom. The van der Waals surface area contributed by atoms with Crippen LogP contribution < -0.4 is 5.32 Å². The lowest BCUT2D eigenvalue weighted by Gasteiger charge is -2.31. The van der Waals surface area contributed by atoms with Crippen molar-refractivity contribution in [1.82, 2.24) is 10.2 Å². The van der Waals surface area contributed by atoms with E-state index in [4.69, 9.17) is 23.2 Å². The van der Waals surface area contributed by atoms with E-state index in [-0.39, 0.29) is 24.8 Å². The van der Waals surface area contributed by atoms with Crippen molar-refractivity contribution >= 4 is 35.0 Å². The van der Waals surface area contributed by atoms with Crippen molar-refractivity contribution in [1.29, 1.82) is 0 Å². The first kappa shape index (κ1) is 22.3. The Morgan fingerprint density at radius 1 is 1.00 bits per heavy atom. The van der Waals surface area contributed by atoms with Crippen molar-refractivity contribution in [2.75, 3.05) is 6.54 Å². The molecule has 0 saturated carbocycles. The molecule has 2 amide bonds. The molecule has 2 aromatic rings. The first-order valence-electron chi connectivity index (χ1n) is 9.51. The first-order valence-corrected chi connectivity index (χ1v) is 10.3. The topological polar surface area (TPSA) is 49.4 Å². The van der Waals surface area contributed by atoms with Crippen LogP contribution in [0.1, 0.15) is 37.8 Å². The second-order valence-corrected chi connectivity index (χ2v) is 7.39. The third kappa shape index (κ3) is 5.98. The molecule has 28 heavy (non-hydrogen) atoms. The van der Waals surface area contributed by atoms with E-state index in [9.17, 15) is 9.59 Å². The molecule has 0 aliphatic carbocycles. The molecule has 0 unspecified atom stereocenters. The minimum absolute atomic E-state index is 0.122. The average molecular weight is 421 g/mol. The van der Waals surface area contributed by atoms with Gasteiger partial charge in [-0.25, -0.2) is 0 Å². The van der Waals surface area contributed by atoms with Crippen molar-refractivity contribution in [3.8, 4) is 0 Å². The molecule has 2 rings (SSSR count). The monoisotopic (exact) mass is 420 g/mol. The van der Waals surface area contributed by atoms with Crippen molar-refractivity contribution in [2.45, 2.75) is 45.7 Å². The number of nitrogens with zero attached hydrogens (tertiary/aromatic N) is 1. The number of hydrogen-bond acceptors (Lipinski definition) is 2. The highest BCUT2D eigenvalue weighted by molar-refractivity contribution is 6.36. The summed E-state index contributed by atoms with van der Waals surface area (Å²) in [6, 6.07) is 14.3. The van der Waals surface area contributed by atoms with Crippen LogP contribution in [0.15, 0.2) is 48.5 Å². The van der Waals surface area contributed by atoms with Crippen LogP contribution in [0.2, 0.25) is 10.0 Å². The van der Waals surface area contributed by atoms with E-state index in [0.717, 1.165) is 12.0 Å². The Morgan fingerprint density at radius 2 is 1.64 bits per heavy atom. The lowest BCUT2D eigenvalue weighted by Crippen LogP contribution is -2.50. The van der Waals surface area contributed by atoms with Gasteiger partial charge in [0, 0.05) is 41.5 Å². The van der Waals surface area contributed by atoms with E-state index in [0.29, 0.717) is 28.6 Å². The van der Waals surface area contributed by atoms with E-state index in [2.05, 4.69) is 5.32 Å². The maximum atomic E-state index is 13.0. The van der Waals surface area contributed by atoms with Crippen LogP contribution in [0.4, 0.5) is 0 Å². The summed E-state index contributed by atoms with van der Waals surface area (Å²) in [6.45, 7) is 4.52. The molecule has 0 fully saturated rings. The Balaban J connectivity index is 2.39.